The zero-order valence-corrected chi connectivity index (χ0v) is 10.4. The highest BCUT2D eigenvalue weighted by atomic mass is 16.5. The second-order valence-electron chi connectivity index (χ2n) is 3.67. The van der Waals surface area contributed by atoms with E-state index in [9.17, 15) is 0 Å². The molecule has 0 saturated carbocycles. The Morgan fingerprint density at radius 3 is 2.88 bits per heavy atom. The molecule has 1 heterocycles. The zero-order chi connectivity index (χ0) is 12.0. The fraction of sp³-hybridized carbons (Fsp3) is 0.583. The molecule has 0 amide bonds. The molecule has 1 aromatic heterocycles. The summed E-state index contributed by atoms with van der Waals surface area (Å²) in [5, 5.41) is 3.30. The minimum Gasteiger partial charge on any atom is -0.493 e. The van der Waals surface area contributed by atoms with Crippen molar-refractivity contribution in [2.45, 2.75) is 26.9 Å². The van der Waals surface area contributed by atoms with Crippen LogP contribution in [0.15, 0.2) is 12.3 Å². The molecule has 0 radical (unpaired) electrons. The summed E-state index contributed by atoms with van der Waals surface area (Å²) >= 11 is 0. The van der Waals surface area contributed by atoms with Gasteiger partial charge in [0, 0.05) is 18.8 Å². The Morgan fingerprint density at radius 2 is 2.25 bits per heavy atom. The van der Waals surface area contributed by atoms with Crippen LogP contribution in [0.2, 0.25) is 0 Å². The predicted octanol–water partition coefficient (Wildman–Crippen LogP) is 2.24. The van der Waals surface area contributed by atoms with Gasteiger partial charge in [-0.15, -0.1) is 0 Å². The lowest BCUT2D eigenvalue weighted by Crippen LogP contribution is -2.20. The molecule has 0 aromatic carbocycles. The lowest BCUT2D eigenvalue weighted by molar-refractivity contribution is 0.0855. The number of nitrogens with one attached hydrogen (secondary N) is 1. The van der Waals surface area contributed by atoms with E-state index >= 15 is 0 Å². The van der Waals surface area contributed by atoms with Gasteiger partial charge in [-0.05, 0) is 26.8 Å². The second-order valence-corrected chi connectivity index (χ2v) is 3.67. The van der Waals surface area contributed by atoms with Crippen LogP contribution in [0, 0.1) is 6.92 Å². The lowest BCUT2D eigenvalue weighted by atomic mass is 10.3. The first kappa shape index (κ1) is 12.8. The van der Waals surface area contributed by atoms with Gasteiger partial charge in [-0.25, -0.2) is 0 Å². The van der Waals surface area contributed by atoms with Crippen molar-refractivity contribution < 1.29 is 9.47 Å². The van der Waals surface area contributed by atoms with Crippen molar-refractivity contribution in [3.8, 4) is 5.75 Å². The number of pyridine rings is 1. The molecule has 0 spiro atoms. The summed E-state index contributed by atoms with van der Waals surface area (Å²) in [6.07, 6.45) is 1.91. The van der Waals surface area contributed by atoms with Crippen LogP contribution >= 0.6 is 0 Å². The van der Waals surface area contributed by atoms with E-state index in [2.05, 4.69) is 10.3 Å². The number of anilines is 1. The average molecular weight is 224 g/mol. The first-order chi connectivity index (χ1) is 7.67. The highest BCUT2D eigenvalue weighted by molar-refractivity contribution is 5.55. The molecular weight excluding hydrogens is 204 g/mol. The molecule has 1 aromatic rings. The highest BCUT2D eigenvalue weighted by Crippen LogP contribution is 2.23. The van der Waals surface area contributed by atoms with Gasteiger partial charge >= 0.3 is 0 Å². The van der Waals surface area contributed by atoms with Gasteiger partial charge < -0.3 is 14.8 Å². The Labute approximate surface area is 97.0 Å². The molecule has 0 aliphatic carbocycles. The number of ether oxygens (including phenoxy) is 2. The number of aromatic nitrogens is 1. The van der Waals surface area contributed by atoms with Gasteiger partial charge in [-0.1, -0.05) is 0 Å². The van der Waals surface area contributed by atoms with Crippen LogP contribution in [-0.4, -0.2) is 31.3 Å². The van der Waals surface area contributed by atoms with Crippen molar-refractivity contribution in [3.05, 3.63) is 18.0 Å². The first-order valence-corrected chi connectivity index (χ1v) is 5.53. The maximum Gasteiger partial charge on any atom is 0.160 e. The van der Waals surface area contributed by atoms with Crippen LogP contribution in [0.1, 0.15) is 19.5 Å². The number of nitrogens with zero attached hydrogens (tertiary/aromatic N) is 1. The molecule has 0 fully saturated rings. The van der Waals surface area contributed by atoms with Crippen LogP contribution in [-0.2, 0) is 4.74 Å². The highest BCUT2D eigenvalue weighted by Gasteiger charge is 2.06. The number of aryl methyl sites for hydroxylation is 1. The Morgan fingerprint density at radius 1 is 1.50 bits per heavy atom. The van der Waals surface area contributed by atoms with Crippen molar-refractivity contribution in [2.75, 3.05) is 25.6 Å². The largest absolute Gasteiger partial charge is 0.493 e. The average Bonchev–Trinajstić information content (AvgIpc) is 2.27. The summed E-state index contributed by atoms with van der Waals surface area (Å²) in [6, 6.07) is 1.97. The van der Waals surface area contributed by atoms with Crippen LogP contribution in [0.25, 0.3) is 0 Å². The molecule has 4 heteroatoms. The number of rotatable bonds is 6. The summed E-state index contributed by atoms with van der Waals surface area (Å²) in [5.74, 6) is 0.759. The maximum atomic E-state index is 5.45. The Kier molecular flexibility index (Phi) is 5.05. The molecule has 1 N–H and O–H groups in total. The van der Waals surface area contributed by atoms with E-state index in [1.165, 1.54) is 0 Å². The fourth-order valence-corrected chi connectivity index (χ4v) is 1.45. The van der Waals surface area contributed by atoms with Crippen molar-refractivity contribution in [3.63, 3.8) is 0 Å². The lowest BCUT2D eigenvalue weighted by Gasteiger charge is -2.15. The first-order valence-electron chi connectivity index (χ1n) is 5.53. The summed E-state index contributed by atoms with van der Waals surface area (Å²) in [4.78, 5) is 4.18. The summed E-state index contributed by atoms with van der Waals surface area (Å²) in [5.41, 5.74) is 1.92. The number of hydrogen-bond acceptors (Lipinski definition) is 4. The van der Waals surface area contributed by atoms with E-state index in [4.69, 9.17) is 9.47 Å². The predicted molar refractivity (Wildman–Crippen MR) is 65.1 cm³/mol. The van der Waals surface area contributed by atoms with Crippen LogP contribution in [0.3, 0.4) is 0 Å². The Bertz CT molecular complexity index is 329. The van der Waals surface area contributed by atoms with E-state index in [-0.39, 0.29) is 6.10 Å². The van der Waals surface area contributed by atoms with Crippen molar-refractivity contribution in [1.82, 2.24) is 4.98 Å². The standard InChI is InChI=1S/C12H20N2O2/c1-5-16-10(3)7-14-11-6-9(2)13-8-12(11)15-4/h6,8,10H,5,7H2,1-4H3,(H,13,14). The quantitative estimate of drug-likeness (QED) is 0.804. The van der Waals surface area contributed by atoms with Crippen molar-refractivity contribution in [2.24, 2.45) is 0 Å². The van der Waals surface area contributed by atoms with E-state index in [1.54, 1.807) is 13.3 Å². The third-order valence-corrected chi connectivity index (χ3v) is 2.26. The molecule has 0 aliphatic heterocycles. The third-order valence-electron chi connectivity index (χ3n) is 2.26. The van der Waals surface area contributed by atoms with E-state index in [0.29, 0.717) is 0 Å². The smallest absolute Gasteiger partial charge is 0.160 e. The second kappa shape index (κ2) is 6.33. The summed E-state index contributed by atoms with van der Waals surface area (Å²) in [6.45, 7) is 7.48. The molecule has 1 atom stereocenters. The molecule has 1 rings (SSSR count). The monoisotopic (exact) mass is 224 g/mol. The van der Waals surface area contributed by atoms with E-state index in [0.717, 1.165) is 30.3 Å². The molecule has 0 saturated heterocycles. The third kappa shape index (κ3) is 3.70. The minimum absolute atomic E-state index is 0.183. The number of methoxy groups -OCH3 is 1. The number of hydrogen-bond donors (Lipinski definition) is 1. The van der Waals surface area contributed by atoms with Gasteiger partial charge in [0.2, 0.25) is 0 Å². The molecule has 16 heavy (non-hydrogen) atoms. The van der Waals surface area contributed by atoms with Crippen molar-refractivity contribution in [1.29, 1.82) is 0 Å². The molecular formula is C12H20N2O2. The van der Waals surface area contributed by atoms with Crippen LogP contribution in [0.5, 0.6) is 5.75 Å². The van der Waals surface area contributed by atoms with Crippen molar-refractivity contribution >= 4 is 5.69 Å². The SMILES string of the molecule is CCOC(C)CNc1cc(C)ncc1OC. The molecule has 0 aliphatic rings. The molecule has 0 bridgehead atoms. The zero-order valence-electron chi connectivity index (χ0n) is 10.4. The van der Waals surface area contributed by atoms with Gasteiger partial charge in [-0.2, -0.15) is 0 Å². The Hall–Kier alpha value is -1.29. The van der Waals surface area contributed by atoms with Gasteiger partial charge in [0.1, 0.15) is 0 Å². The maximum absolute atomic E-state index is 5.45. The minimum atomic E-state index is 0.183. The normalized spacial score (nSPS) is 12.2. The molecule has 4 nitrogen and oxygen atoms in total. The van der Waals surface area contributed by atoms with Gasteiger partial charge in [-0.3, -0.25) is 4.98 Å². The Balaban J connectivity index is 2.61. The van der Waals surface area contributed by atoms with Gasteiger partial charge in [0.05, 0.1) is 25.1 Å². The topological polar surface area (TPSA) is 43.4 Å². The summed E-state index contributed by atoms with van der Waals surface area (Å²) < 4.78 is 10.7. The van der Waals surface area contributed by atoms with E-state index < -0.39 is 0 Å². The summed E-state index contributed by atoms with van der Waals surface area (Å²) in [7, 11) is 1.64. The van der Waals surface area contributed by atoms with Crippen LogP contribution < -0.4 is 10.1 Å². The molecule has 90 valence electrons. The van der Waals surface area contributed by atoms with Gasteiger partial charge in [0.15, 0.2) is 5.75 Å². The fourth-order valence-electron chi connectivity index (χ4n) is 1.45. The van der Waals surface area contributed by atoms with Crippen LogP contribution in [0.4, 0.5) is 5.69 Å². The molecule has 1 unspecified atom stereocenters. The van der Waals surface area contributed by atoms with E-state index in [1.807, 2.05) is 26.8 Å². The van der Waals surface area contributed by atoms with Gasteiger partial charge in [0.25, 0.3) is 0 Å².